The molecule has 0 aromatic rings. The van der Waals surface area contributed by atoms with E-state index in [1.54, 1.807) is 16.7 Å². The highest BCUT2D eigenvalue weighted by atomic mass is 32.2. The Balaban J connectivity index is 2.41. The van der Waals surface area contributed by atoms with Crippen molar-refractivity contribution in [1.29, 1.82) is 0 Å². The summed E-state index contributed by atoms with van der Waals surface area (Å²) in [5, 5.41) is 5.75. The molecular weight excluding hydrogens is 574 g/mol. The van der Waals surface area contributed by atoms with Gasteiger partial charge in [0.15, 0.2) is 8.32 Å². The molecular formula is C30H55N3O7SSi. The third kappa shape index (κ3) is 17.8. The highest BCUT2D eigenvalue weighted by Gasteiger charge is 2.42. The van der Waals surface area contributed by atoms with Crippen LogP contribution in [-0.4, -0.2) is 92.3 Å². The first-order valence-corrected chi connectivity index (χ1v) is 19.4. The lowest BCUT2D eigenvalue weighted by atomic mass is 9.61. The van der Waals surface area contributed by atoms with Crippen LogP contribution < -0.4 is 10.6 Å². The van der Waals surface area contributed by atoms with E-state index >= 15 is 0 Å². The van der Waals surface area contributed by atoms with Gasteiger partial charge in [-0.2, -0.15) is 11.8 Å². The van der Waals surface area contributed by atoms with Gasteiger partial charge in [0, 0.05) is 38.2 Å². The van der Waals surface area contributed by atoms with Crippen LogP contribution in [0.15, 0.2) is 12.7 Å². The molecule has 0 aromatic heterocycles. The zero-order chi connectivity index (χ0) is 31.8. The van der Waals surface area contributed by atoms with E-state index in [9.17, 15) is 24.0 Å². The van der Waals surface area contributed by atoms with Gasteiger partial charge in [-0.15, -0.1) is 0 Å². The molecule has 1 saturated carbocycles. The third-order valence-electron chi connectivity index (χ3n) is 7.38. The van der Waals surface area contributed by atoms with E-state index in [4.69, 9.17) is 9.47 Å². The van der Waals surface area contributed by atoms with Gasteiger partial charge in [0.2, 0.25) is 11.8 Å². The van der Waals surface area contributed by atoms with Crippen LogP contribution >= 0.6 is 11.8 Å². The van der Waals surface area contributed by atoms with Crippen molar-refractivity contribution < 1.29 is 33.4 Å². The molecule has 3 amide bonds. The Hall–Kier alpha value is -2.05. The van der Waals surface area contributed by atoms with Crippen LogP contribution in [0.25, 0.3) is 0 Å². The number of hydrogen-bond donors (Lipinski definition) is 3. The van der Waals surface area contributed by atoms with Gasteiger partial charge in [-0.3, -0.25) is 14.4 Å². The van der Waals surface area contributed by atoms with Crippen molar-refractivity contribution in [3.05, 3.63) is 12.7 Å². The predicted octanol–water partition coefficient (Wildman–Crippen LogP) is 4.48. The number of carbonyl (C=O) groups excluding carboxylic acids is 4. The van der Waals surface area contributed by atoms with E-state index in [0.29, 0.717) is 51.5 Å². The summed E-state index contributed by atoms with van der Waals surface area (Å²) in [4.78, 5) is 59.8. The molecule has 242 valence electrons. The van der Waals surface area contributed by atoms with Crippen molar-refractivity contribution in [2.24, 2.45) is 10.8 Å². The van der Waals surface area contributed by atoms with E-state index < -0.39 is 14.4 Å². The number of esters is 1. The molecule has 1 aliphatic rings. The van der Waals surface area contributed by atoms with E-state index in [0.717, 1.165) is 37.2 Å². The maximum Gasteiger partial charge on any atom is 0.407 e. The molecule has 0 heterocycles. The second kappa shape index (κ2) is 18.6. The molecule has 0 spiro atoms. The average molecular weight is 630 g/mol. The lowest BCUT2D eigenvalue weighted by molar-refractivity contribution is -0.144. The highest BCUT2D eigenvalue weighted by molar-refractivity contribution is 7.99. The van der Waals surface area contributed by atoms with E-state index in [1.807, 2.05) is 13.1 Å². The van der Waals surface area contributed by atoms with Gasteiger partial charge in [0.1, 0.15) is 6.61 Å². The molecule has 10 nitrogen and oxygen atoms in total. The summed E-state index contributed by atoms with van der Waals surface area (Å²) in [5.74, 6) is 1.18. The van der Waals surface area contributed by atoms with Gasteiger partial charge in [-0.25, -0.2) is 4.79 Å². The lowest BCUT2D eigenvalue weighted by Gasteiger charge is -2.46. The first-order chi connectivity index (χ1) is 19.5. The molecule has 0 radical (unpaired) electrons. The SMILES string of the molecule is C=CC(=O)NCCSCCCN(CCOC(=O)NC1CC(C)(C)CC(C)(CCC(=O)OCCC[Si](C)(C)O)C1)C(C)=O. The summed E-state index contributed by atoms with van der Waals surface area (Å²) >= 11 is 1.70. The van der Waals surface area contributed by atoms with Crippen LogP contribution in [-0.2, 0) is 23.9 Å². The summed E-state index contributed by atoms with van der Waals surface area (Å²) in [5.41, 5.74) is -0.133. The second-order valence-electron chi connectivity index (χ2n) is 13.1. The zero-order valence-corrected chi connectivity index (χ0v) is 28.5. The minimum absolute atomic E-state index is 0.00707. The maximum absolute atomic E-state index is 12.6. The number of hydrogen-bond acceptors (Lipinski definition) is 8. The molecule has 1 fully saturated rings. The minimum Gasteiger partial charge on any atom is -0.466 e. The van der Waals surface area contributed by atoms with Crippen LogP contribution in [0, 0.1) is 10.8 Å². The van der Waals surface area contributed by atoms with Crippen LogP contribution in [0.4, 0.5) is 4.79 Å². The van der Waals surface area contributed by atoms with E-state index in [1.165, 1.54) is 13.0 Å². The number of thioether (sulfide) groups is 1. The fourth-order valence-corrected chi connectivity index (χ4v) is 7.55. The number of rotatable bonds is 19. The van der Waals surface area contributed by atoms with Crippen LogP contribution in [0.5, 0.6) is 0 Å². The Kier molecular flexibility index (Phi) is 16.8. The summed E-state index contributed by atoms with van der Waals surface area (Å²) in [6, 6.07) is 0.637. The normalized spacial score (nSPS) is 19.8. The van der Waals surface area contributed by atoms with Crippen molar-refractivity contribution >= 4 is 44.0 Å². The third-order valence-corrected chi connectivity index (χ3v) is 10.0. The van der Waals surface area contributed by atoms with Crippen molar-refractivity contribution in [3.8, 4) is 0 Å². The predicted molar refractivity (Wildman–Crippen MR) is 171 cm³/mol. The monoisotopic (exact) mass is 629 g/mol. The molecule has 2 unspecified atom stereocenters. The molecule has 0 aromatic carbocycles. The molecule has 1 rings (SSSR count). The Morgan fingerprint density at radius 1 is 1.07 bits per heavy atom. The van der Waals surface area contributed by atoms with Gasteiger partial charge >= 0.3 is 12.1 Å². The number of amides is 3. The summed E-state index contributed by atoms with van der Waals surface area (Å²) < 4.78 is 10.8. The fourth-order valence-electron chi connectivity index (χ4n) is 5.75. The van der Waals surface area contributed by atoms with Gasteiger partial charge < -0.3 is 29.8 Å². The first-order valence-electron chi connectivity index (χ1n) is 15.1. The number of nitrogens with zero attached hydrogens (tertiary/aromatic N) is 1. The van der Waals surface area contributed by atoms with Crippen LogP contribution in [0.2, 0.25) is 19.1 Å². The van der Waals surface area contributed by atoms with Crippen LogP contribution in [0.1, 0.15) is 72.6 Å². The molecule has 0 saturated heterocycles. The van der Waals surface area contributed by atoms with Crippen molar-refractivity contribution in [3.63, 3.8) is 0 Å². The average Bonchev–Trinajstić information content (AvgIpc) is 2.86. The van der Waals surface area contributed by atoms with E-state index in [-0.39, 0.29) is 41.3 Å². The topological polar surface area (TPSA) is 134 Å². The Morgan fingerprint density at radius 2 is 1.79 bits per heavy atom. The van der Waals surface area contributed by atoms with Crippen LogP contribution in [0.3, 0.4) is 0 Å². The highest BCUT2D eigenvalue weighted by Crippen LogP contribution is 2.48. The number of alkyl carbamates (subject to hydrolysis) is 1. The molecule has 2 atom stereocenters. The quantitative estimate of drug-likeness (QED) is 0.0824. The van der Waals surface area contributed by atoms with Gasteiger partial charge in [0.05, 0.1) is 13.2 Å². The summed E-state index contributed by atoms with van der Waals surface area (Å²) in [6.07, 6.45) is 5.76. The largest absolute Gasteiger partial charge is 0.466 e. The van der Waals surface area contributed by atoms with Gasteiger partial charge in [0.25, 0.3) is 0 Å². The molecule has 1 aliphatic carbocycles. The number of carbonyl (C=O) groups is 4. The molecule has 3 N–H and O–H groups in total. The zero-order valence-electron chi connectivity index (χ0n) is 26.7. The molecule has 12 heteroatoms. The first kappa shape index (κ1) is 38.0. The standard InChI is InChI=1S/C30H55N3O7SSi/c1-8-26(35)31-13-19-41-18-9-14-33(24(2)34)15-17-40-28(37)32-25-21-29(3,4)23-30(5,22-25)12-11-27(36)39-16-10-20-42(6,7)38/h8,25,38H,1,9-23H2,2-7H3,(H,31,35)(H,32,37). The second-order valence-corrected chi connectivity index (χ2v) is 18.5. The summed E-state index contributed by atoms with van der Waals surface area (Å²) in [7, 11) is -2.12. The number of nitrogens with one attached hydrogen (secondary N) is 2. The maximum atomic E-state index is 12.6. The minimum atomic E-state index is -2.12. The Labute approximate surface area is 258 Å². The number of ether oxygens (including phenoxy) is 2. The molecule has 42 heavy (non-hydrogen) atoms. The smallest absolute Gasteiger partial charge is 0.407 e. The fraction of sp³-hybridized carbons (Fsp3) is 0.800. The van der Waals surface area contributed by atoms with Gasteiger partial charge in [-0.05, 0) is 80.3 Å². The molecule has 0 bridgehead atoms. The van der Waals surface area contributed by atoms with Crippen molar-refractivity contribution in [2.75, 3.05) is 44.4 Å². The molecule has 0 aliphatic heterocycles. The Bertz CT molecular complexity index is 897. The lowest BCUT2D eigenvalue weighted by Crippen LogP contribution is -2.47. The van der Waals surface area contributed by atoms with Crippen molar-refractivity contribution in [2.45, 2.75) is 97.8 Å². The van der Waals surface area contributed by atoms with E-state index in [2.05, 4.69) is 38.0 Å². The van der Waals surface area contributed by atoms with Gasteiger partial charge in [-0.1, -0.05) is 27.4 Å². The Morgan fingerprint density at radius 3 is 2.43 bits per heavy atom. The van der Waals surface area contributed by atoms with Crippen molar-refractivity contribution in [1.82, 2.24) is 15.5 Å². The summed E-state index contributed by atoms with van der Waals surface area (Å²) in [6.45, 7) is 17.1.